The van der Waals surface area contributed by atoms with Crippen LogP contribution in [0.5, 0.6) is 5.75 Å². The van der Waals surface area contributed by atoms with Gasteiger partial charge in [-0.3, -0.25) is 9.59 Å². The number of carbonyl (C=O) groups is 2. The number of anilines is 1. The number of carbonyl (C=O) groups excluding carboxylic acids is 1. The fraction of sp³-hybridized carbons (Fsp3) is 0.188. The molecule has 1 heterocycles. The van der Waals surface area contributed by atoms with Crippen LogP contribution < -0.4 is 15.6 Å². The van der Waals surface area contributed by atoms with E-state index in [4.69, 9.17) is 9.84 Å². The van der Waals surface area contributed by atoms with Crippen LogP contribution in [0.4, 0.5) is 5.69 Å². The van der Waals surface area contributed by atoms with Gasteiger partial charge in [-0.15, -0.1) is 0 Å². The first-order chi connectivity index (χ1) is 10.9. The molecule has 0 saturated heterocycles. The summed E-state index contributed by atoms with van der Waals surface area (Å²) in [6, 6.07) is 7.81. The number of rotatable bonds is 5. The summed E-state index contributed by atoms with van der Waals surface area (Å²) >= 11 is 0. The van der Waals surface area contributed by atoms with Gasteiger partial charge in [-0.1, -0.05) is 6.07 Å². The average molecular weight is 316 g/mol. The summed E-state index contributed by atoms with van der Waals surface area (Å²) in [4.78, 5) is 34.8. The third-order valence-electron chi connectivity index (χ3n) is 3.17. The Morgan fingerprint density at radius 1 is 1.30 bits per heavy atom. The second-order valence-electron chi connectivity index (χ2n) is 4.95. The number of benzene rings is 1. The monoisotopic (exact) mass is 316 g/mol. The molecule has 0 radical (unpaired) electrons. The number of nitrogens with one attached hydrogen (secondary N) is 1. The molecule has 0 aliphatic heterocycles. The number of aromatic nitrogens is 1. The molecule has 1 amide bonds. The van der Waals surface area contributed by atoms with E-state index in [0.717, 1.165) is 0 Å². The van der Waals surface area contributed by atoms with Crippen molar-refractivity contribution in [2.24, 2.45) is 7.05 Å². The number of amides is 1. The Hall–Kier alpha value is -3.09. The van der Waals surface area contributed by atoms with Gasteiger partial charge in [0, 0.05) is 18.8 Å². The van der Waals surface area contributed by atoms with E-state index in [0.29, 0.717) is 5.56 Å². The lowest BCUT2D eigenvalue weighted by Crippen LogP contribution is -2.25. The number of hydrogen-bond acceptors (Lipinski definition) is 4. The molecule has 2 N–H and O–H groups in total. The zero-order valence-electron chi connectivity index (χ0n) is 12.7. The molecule has 0 unspecified atom stereocenters. The first kappa shape index (κ1) is 16.3. The Morgan fingerprint density at radius 2 is 2.04 bits per heavy atom. The fourth-order valence-corrected chi connectivity index (χ4v) is 1.93. The quantitative estimate of drug-likeness (QED) is 0.869. The Bertz CT molecular complexity index is 810. The molecular formula is C16H16N2O5. The molecule has 2 aromatic rings. The van der Waals surface area contributed by atoms with Crippen molar-refractivity contribution >= 4 is 17.6 Å². The molecule has 1 aromatic carbocycles. The highest BCUT2D eigenvalue weighted by atomic mass is 16.5. The van der Waals surface area contributed by atoms with E-state index in [1.807, 2.05) is 0 Å². The third-order valence-corrected chi connectivity index (χ3v) is 3.17. The van der Waals surface area contributed by atoms with Crippen LogP contribution in [0.1, 0.15) is 15.9 Å². The lowest BCUT2D eigenvalue weighted by Gasteiger charge is -2.10. The Morgan fingerprint density at radius 3 is 2.74 bits per heavy atom. The van der Waals surface area contributed by atoms with Crippen LogP contribution in [-0.4, -0.2) is 28.2 Å². The van der Waals surface area contributed by atoms with Gasteiger partial charge in [0.25, 0.3) is 11.5 Å². The van der Waals surface area contributed by atoms with Crippen LogP contribution >= 0.6 is 0 Å². The first-order valence-electron chi connectivity index (χ1n) is 6.80. The summed E-state index contributed by atoms with van der Waals surface area (Å²) in [6.45, 7) is 1.23. The number of hydrogen-bond donors (Lipinski definition) is 2. The SMILES string of the molecule is Cc1ccn(C)c(=O)c1NC(=O)c1cccc(OCC(=O)O)c1. The minimum absolute atomic E-state index is 0.205. The molecule has 0 atom stereocenters. The molecule has 7 heteroatoms. The average Bonchev–Trinajstić information content (AvgIpc) is 2.53. The Labute approximate surface area is 132 Å². The number of aliphatic carboxylic acids is 1. The summed E-state index contributed by atoms with van der Waals surface area (Å²) in [7, 11) is 1.60. The van der Waals surface area contributed by atoms with Crippen LogP contribution in [0.3, 0.4) is 0 Å². The van der Waals surface area contributed by atoms with E-state index in [2.05, 4.69) is 5.32 Å². The van der Waals surface area contributed by atoms with Crippen LogP contribution in [0.25, 0.3) is 0 Å². The zero-order chi connectivity index (χ0) is 17.0. The van der Waals surface area contributed by atoms with Crippen molar-refractivity contribution in [2.75, 3.05) is 11.9 Å². The highest BCUT2D eigenvalue weighted by Crippen LogP contribution is 2.15. The smallest absolute Gasteiger partial charge is 0.341 e. The number of carboxylic acid groups (broad SMARTS) is 1. The predicted molar refractivity (Wildman–Crippen MR) is 83.9 cm³/mol. The predicted octanol–water partition coefficient (Wildman–Crippen LogP) is 1.41. The van der Waals surface area contributed by atoms with Crippen molar-refractivity contribution in [2.45, 2.75) is 6.92 Å². The number of ether oxygens (including phenoxy) is 1. The lowest BCUT2D eigenvalue weighted by molar-refractivity contribution is -0.139. The minimum Gasteiger partial charge on any atom is -0.482 e. The molecule has 1 aromatic heterocycles. The van der Waals surface area contributed by atoms with E-state index in [9.17, 15) is 14.4 Å². The molecule has 2 rings (SSSR count). The van der Waals surface area contributed by atoms with E-state index >= 15 is 0 Å². The molecule has 0 aliphatic rings. The number of carboxylic acids is 1. The van der Waals surface area contributed by atoms with Gasteiger partial charge in [0.1, 0.15) is 11.4 Å². The standard InChI is InChI=1S/C16H16N2O5/c1-10-6-7-18(2)16(22)14(10)17-15(21)11-4-3-5-12(8-11)23-9-13(19)20/h3-8H,9H2,1-2H3,(H,17,21)(H,19,20). The highest BCUT2D eigenvalue weighted by molar-refractivity contribution is 6.04. The molecule has 0 aliphatic carbocycles. The van der Waals surface area contributed by atoms with Gasteiger partial charge in [0.15, 0.2) is 6.61 Å². The van der Waals surface area contributed by atoms with Gasteiger partial charge < -0.3 is 19.7 Å². The molecule has 23 heavy (non-hydrogen) atoms. The molecule has 7 nitrogen and oxygen atoms in total. The molecular weight excluding hydrogens is 300 g/mol. The Balaban J connectivity index is 2.22. The molecule has 120 valence electrons. The summed E-state index contributed by atoms with van der Waals surface area (Å²) in [5, 5.41) is 11.2. The molecule has 0 bridgehead atoms. The maximum absolute atomic E-state index is 12.3. The fourth-order valence-electron chi connectivity index (χ4n) is 1.93. The van der Waals surface area contributed by atoms with Crippen LogP contribution in [-0.2, 0) is 11.8 Å². The van der Waals surface area contributed by atoms with Gasteiger partial charge in [0.05, 0.1) is 0 Å². The van der Waals surface area contributed by atoms with Crippen molar-refractivity contribution in [3.8, 4) is 5.75 Å². The minimum atomic E-state index is -1.11. The molecule has 0 saturated carbocycles. The molecule has 0 fully saturated rings. The zero-order valence-corrected chi connectivity index (χ0v) is 12.7. The van der Waals surface area contributed by atoms with Gasteiger partial charge >= 0.3 is 5.97 Å². The summed E-state index contributed by atoms with van der Waals surface area (Å²) in [5.74, 6) is -1.32. The maximum Gasteiger partial charge on any atom is 0.341 e. The topological polar surface area (TPSA) is 97.6 Å². The highest BCUT2D eigenvalue weighted by Gasteiger charge is 2.12. The lowest BCUT2D eigenvalue weighted by atomic mass is 10.2. The number of pyridine rings is 1. The van der Waals surface area contributed by atoms with E-state index < -0.39 is 18.5 Å². The maximum atomic E-state index is 12.3. The van der Waals surface area contributed by atoms with E-state index in [-0.39, 0.29) is 22.6 Å². The van der Waals surface area contributed by atoms with E-state index in [1.165, 1.54) is 10.6 Å². The number of nitrogens with zero attached hydrogens (tertiary/aromatic N) is 1. The first-order valence-corrected chi connectivity index (χ1v) is 6.80. The normalized spacial score (nSPS) is 10.2. The third kappa shape index (κ3) is 3.97. The van der Waals surface area contributed by atoms with E-state index in [1.54, 1.807) is 44.4 Å². The summed E-state index contributed by atoms with van der Waals surface area (Å²) < 4.78 is 6.40. The van der Waals surface area contributed by atoms with Crippen molar-refractivity contribution in [3.63, 3.8) is 0 Å². The van der Waals surface area contributed by atoms with Gasteiger partial charge in [-0.25, -0.2) is 4.79 Å². The number of aryl methyl sites for hydroxylation is 2. The largest absolute Gasteiger partial charge is 0.482 e. The van der Waals surface area contributed by atoms with Gasteiger partial charge in [-0.2, -0.15) is 0 Å². The molecule has 0 spiro atoms. The van der Waals surface area contributed by atoms with Crippen LogP contribution in [0, 0.1) is 6.92 Å². The Kier molecular flexibility index (Phi) is 4.80. The van der Waals surface area contributed by atoms with Crippen LogP contribution in [0.2, 0.25) is 0 Å². The van der Waals surface area contributed by atoms with Gasteiger partial charge in [0.2, 0.25) is 0 Å². The summed E-state index contributed by atoms with van der Waals surface area (Å²) in [5.41, 5.74) is 0.811. The van der Waals surface area contributed by atoms with Crippen molar-refractivity contribution in [1.82, 2.24) is 4.57 Å². The second kappa shape index (κ2) is 6.78. The van der Waals surface area contributed by atoms with Crippen molar-refractivity contribution < 1.29 is 19.4 Å². The van der Waals surface area contributed by atoms with Gasteiger partial charge in [-0.05, 0) is 36.8 Å². The van der Waals surface area contributed by atoms with Crippen molar-refractivity contribution in [1.29, 1.82) is 0 Å². The van der Waals surface area contributed by atoms with Crippen LogP contribution in [0.15, 0.2) is 41.3 Å². The van der Waals surface area contributed by atoms with Crippen molar-refractivity contribution in [3.05, 3.63) is 58.0 Å². The summed E-state index contributed by atoms with van der Waals surface area (Å²) in [6.07, 6.45) is 1.62. The second-order valence-corrected chi connectivity index (χ2v) is 4.95.